The Morgan fingerprint density at radius 3 is 2.42 bits per heavy atom. The number of benzene rings is 1. The van der Waals surface area contributed by atoms with Gasteiger partial charge in [-0.05, 0) is 74.0 Å². The van der Waals surface area contributed by atoms with Crippen LogP contribution in [0.1, 0.15) is 76.1 Å². The predicted molar refractivity (Wildman–Crippen MR) is 123 cm³/mol. The first-order valence-corrected chi connectivity index (χ1v) is 12.4. The monoisotopic (exact) mass is 450 g/mol. The Labute approximate surface area is 195 Å². The summed E-state index contributed by atoms with van der Waals surface area (Å²) in [5, 5.41) is 0. The Kier molecular flexibility index (Phi) is 5.49. The molecule has 5 rings (SSSR count). The zero-order valence-electron chi connectivity index (χ0n) is 19.8. The number of esters is 2. The van der Waals surface area contributed by atoms with Gasteiger partial charge in [-0.25, -0.2) is 4.79 Å². The van der Waals surface area contributed by atoms with E-state index in [1.807, 2.05) is 24.3 Å². The number of ketones is 1. The van der Waals surface area contributed by atoms with E-state index in [4.69, 9.17) is 9.47 Å². The van der Waals surface area contributed by atoms with Crippen LogP contribution >= 0.6 is 0 Å². The van der Waals surface area contributed by atoms with E-state index in [0.717, 1.165) is 38.5 Å². The molecule has 3 fully saturated rings. The maximum atomic E-state index is 13.5. The molecule has 2 unspecified atom stereocenters. The molecule has 4 aliphatic rings. The van der Waals surface area contributed by atoms with E-state index in [-0.39, 0.29) is 52.6 Å². The summed E-state index contributed by atoms with van der Waals surface area (Å²) < 4.78 is 11.5. The largest absolute Gasteiger partial charge is 0.462 e. The highest BCUT2D eigenvalue weighted by Gasteiger charge is 2.62. The summed E-state index contributed by atoms with van der Waals surface area (Å²) in [7, 11) is 0. The Balaban J connectivity index is 1.37. The van der Waals surface area contributed by atoms with Gasteiger partial charge in [0.25, 0.3) is 0 Å². The number of hydrogen-bond donors (Lipinski definition) is 0. The Morgan fingerprint density at radius 2 is 1.70 bits per heavy atom. The maximum absolute atomic E-state index is 13.5. The van der Waals surface area contributed by atoms with E-state index < -0.39 is 0 Å². The summed E-state index contributed by atoms with van der Waals surface area (Å²) in [6, 6.07) is 9.17. The van der Waals surface area contributed by atoms with E-state index in [1.54, 1.807) is 12.1 Å². The van der Waals surface area contributed by atoms with Crippen LogP contribution in [0, 0.1) is 28.6 Å². The van der Waals surface area contributed by atoms with Gasteiger partial charge in [-0.2, -0.15) is 0 Å². The third-order valence-corrected chi connectivity index (χ3v) is 9.41. The van der Waals surface area contributed by atoms with Crippen LogP contribution in [0.3, 0.4) is 0 Å². The van der Waals surface area contributed by atoms with Gasteiger partial charge in [-0.3, -0.25) is 9.59 Å². The molecule has 0 saturated heterocycles. The molecule has 0 aromatic heterocycles. The molecule has 0 radical (unpaired) electrons. The third kappa shape index (κ3) is 3.64. The molecule has 7 atom stereocenters. The van der Waals surface area contributed by atoms with Gasteiger partial charge >= 0.3 is 11.9 Å². The molecule has 0 N–H and O–H groups in total. The van der Waals surface area contributed by atoms with E-state index >= 15 is 0 Å². The quantitative estimate of drug-likeness (QED) is 0.586. The molecule has 0 amide bonds. The fourth-order valence-electron chi connectivity index (χ4n) is 7.62. The van der Waals surface area contributed by atoms with Gasteiger partial charge in [0, 0.05) is 24.7 Å². The molecule has 0 heterocycles. The van der Waals surface area contributed by atoms with Crippen LogP contribution in [0.25, 0.3) is 0 Å². The van der Waals surface area contributed by atoms with Crippen molar-refractivity contribution in [3.63, 3.8) is 0 Å². The average Bonchev–Trinajstić information content (AvgIpc) is 3.11. The number of hydrogen-bond acceptors (Lipinski definition) is 5. The van der Waals surface area contributed by atoms with Gasteiger partial charge in [0.1, 0.15) is 12.2 Å². The molecule has 5 nitrogen and oxygen atoms in total. The van der Waals surface area contributed by atoms with Crippen LogP contribution in [0.4, 0.5) is 0 Å². The highest BCUT2D eigenvalue weighted by molar-refractivity contribution is 5.94. The zero-order chi connectivity index (χ0) is 23.4. The lowest BCUT2D eigenvalue weighted by Crippen LogP contribution is -2.54. The molecule has 0 aliphatic heterocycles. The van der Waals surface area contributed by atoms with Crippen molar-refractivity contribution >= 4 is 17.7 Å². The van der Waals surface area contributed by atoms with Gasteiger partial charge < -0.3 is 9.47 Å². The lowest BCUT2D eigenvalue weighted by atomic mass is 9.47. The van der Waals surface area contributed by atoms with Crippen LogP contribution in [-0.2, 0) is 19.1 Å². The third-order valence-electron chi connectivity index (χ3n) is 9.41. The van der Waals surface area contributed by atoms with Crippen molar-refractivity contribution in [1.82, 2.24) is 0 Å². The molecule has 33 heavy (non-hydrogen) atoms. The molecule has 4 aliphatic carbocycles. The molecule has 1 aromatic carbocycles. The van der Waals surface area contributed by atoms with E-state index in [0.29, 0.717) is 17.9 Å². The van der Waals surface area contributed by atoms with Crippen LogP contribution in [0.2, 0.25) is 0 Å². The lowest BCUT2D eigenvalue weighted by Gasteiger charge is -2.56. The van der Waals surface area contributed by atoms with Crippen molar-refractivity contribution in [2.75, 3.05) is 0 Å². The maximum Gasteiger partial charge on any atom is 0.338 e. The van der Waals surface area contributed by atoms with Gasteiger partial charge in [0.2, 0.25) is 0 Å². The highest BCUT2D eigenvalue weighted by atomic mass is 16.5. The van der Waals surface area contributed by atoms with Gasteiger partial charge in [0.05, 0.1) is 5.56 Å². The first kappa shape index (κ1) is 22.4. The topological polar surface area (TPSA) is 69.7 Å². The average molecular weight is 451 g/mol. The molecular weight excluding hydrogens is 416 g/mol. The summed E-state index contributed by atoms with van der Waals surface area (Å²) >= 11 is 0. The molecule has 176 valence electrons. The minimum absolute atomic E-state index is 0.0109. The first-order valence-electron chi connectivity index (χ1n) is 12.4. The number of carbonyl (C=O) groups is 3. The van der Waals surface area contributed by atoms with Crippen molar-refractivity contribution in [2.45, 2.75) is 77.9 Å². The van der Waals surface area contributed by atoms with Crippen molar-refractivity contribution in [3.05, 3.63) is 47.5 Å². The Hall–Kier alpha value is -2.43. The summed E-state index contributed by atoms with van der Waals surface area (Å²) in [6.45, 7) is 6.00. The Morgan fingerprint density at radius 1 is 0.939 bits per heavy atom. The second kappa shape index (κ2) is 8.11. The summed E-state index contributed by atoms with van der Waals surface area (Å²) in [6.07, 6.45) is 7.75. The number of carbonyl (C=O) groups excluding carboxylic acids is 3. The van der Waals surface area contributed by atoms with Crippen LogP contribution in [0.5, 0.6) is 0 Å². The van der Waals surface area contributed by atoms with Crippen molar-refractivity contribution in [2.24, 2.45) is 28.6 Å². The molecular formula is C28H34O5. The summed E-state index contributed by atoms with van der Waals surface area (Å²) in [5.74, 6) is 0.241. The van der Waals surface area contributed by atoms with E-state index in [9.17, 15) is 14.4 Å². The predicted octanol–water partition coefficient (Wildman–Crippen LogP) is 5.29. The second-order valence-corrected chi connectivity index (χ2v) is 11.1. The molecule has 5 heteroatoms. The molecule has 3 saturated carbocycles. The minimum Gasteiger partial charge on any atom is -0.462 e. The van der Waals surface area contributed by atoms with Gasteiger partial charge in [-0.1, -0.05) is 37.6 Å². The molecule has 1 aromatic rings. The van der Waals surface area contributed by atoms with Crippen LogP contribution in [-0.4, -0.2) is 29.9 Å². The number of rotatable bonds is 3. The van der Waals surface area contributed by atoms with Gasteiger partial charge in [0.15, 0.2) is 5.78 Å². The second-order valence-electron chi connectivity index (χ2n) is 11.1. The fraction of sp³-hybridized carbons (Fsp3) is 0.607. The smallest absolute Gasteiger partial charge is 0.338 e. The van der Waals surface area contributed by atoms with Crippen molar-refractivity contribution in [1.29, 1.82) is 0 Å². The number of ether oxygens (including phenoxy) is 2. The minimum atomic E-state index is -0.266. The van der Waals surface area contributed by atoms with Gasteiger partial charge in [-0.15, -0.1) is 0 Å². The normalized spacial score (nSPS) is 39.5. The highest BCUT2D eigenvalue weighted by Crippen LogP contribution is 2.64. The van der Waals surface area contributed by atoms with Crippen LogP contribution < -0.4 is 0 Å². The fourth-order valence-corrected chi connectivity index (χ4v) is 7.62. The summed E-state index contributed by atoms with van der Waals surface area (Å²) in [5.41, 5.74) is 1.56. The van der Waals surface area contributed by atoms with Crippen LogP contribution in [0.15, 0.2) is 42.0 Å². The molecule has 0 spiro atoms. The van der Waals surface area contributed by atoms with E-state index in [2.05, 4.69) is 13.8 Å². The summed E-state index contributed by atoms with van der Waals surface area (Å²) in [4.78, 5) is 37.7. The number of allylic oxidation sites excluding steroid dienone is 1. The number of fused-ring (bicyclic) bond motifs is 5. The Bertz CT molecular complexity index is 997. The zero-order valence-corrected chi connectivity index (χ0v) is 19.8. The van der Waals surface area contributed by atoms with E-state index in [1.165, 1.54) is 12.5 Å². The van der Waals surface area contributed by atoms with Crippen molar-refractivity contribution in [3.8, 4) is 0 Å². The van der Waals surface area contributed by atoms with Crippen molar-refractivity contribution < 1.29 is 23.9 Å². The molecule has 0 bridgehead atoms. The lowest BCUT2D eigenvalue weighted by molar-refractivity contribution is -0.149. The first-order chi connectivity index (χ1) is 15.7. The standard InChI is InChI=1S/C28H34O5/c1-17(29)32-20-11-13-27(2)19(15-20)16-23(30)25-21-9-10-24(28(21,3)14-12-22(25)27)33-26(31)18-7-5-4-6-8-18/h4-8,16,20-22,24-25H,9-15H2,1-3H3/t20?,21-,22-,24?,25-,27-,28-/m0/s1. The SMILES string of the molecule is CC(=O)OC1CC[C@@]2(C)C(=CC(=O)[C@@H]3[C@@H]2CC[C@]2(C)C(OC(=O)c4ccccc4)CC[C@@H]32)C1.